The average molecular weight is 318 g/mol. The summed E-state index contributed by atoms with van der Waals surface area (Å²) in [6, 6.07) is 3.91. The summed E-state index contributed by atoms with van der Waals surface area (Å²) in [5, 5.41) is 6.38. The van der Waals surface area contributed by atoms with Gasteiger partial charge in [0.05, 0.1) is 12.6 Å². The average Bonchev–Trinajstić information content (AvgIpc) is 2.49. The van der Waals surface area contributed by atoms with Crippen LogP contribution in [-0.2, 0) is 6.54 Å². The van der Waals surface area contributed by atoms with E-state index in [0.717, 1.165) is 24.5 Å². The largest absolute Gasteiger partial charge is 0.475 e. The van der Waals surface area contributed by atoms with E-state index in [1.54, 1.807) is 12.3 Å². The lowest BCUT2D eigenvalue weighted by atomic mass is 10.1. The van der Waals surface area contributed by atoms with Crippen LogP contribution in [0, 0.1) is 5.92 Å². The van der Waals surface area contributed by atoms with E-state index in [1.165, 1.54) is 0 Å². The summed E-state index contributed by atoms with van der Waals surface area (Å²) in [4.78, 5) is 8.84. The SMILES string of the molecule is C=CCNC(=NCc1ccnc(OC(C)CC(C)C)c1)NCC. The standard InChI is InChI=1S/C18H30N4O/c1-6-9-21-18(19-7-2)22-13-16-8-10-20-17(12-16)23-15(5)11-14(3)4/h6,8,10,12,14-15H,1,7,9,11,13H2,2-5H3,(H2,19,21,22). The van der Waals surface area contributed by atoms with Crippen molar-refractivity contribution in [1.82, 2.24) is 15.6 Å². The van der Waals surface area contributed by atoms with Crippen LogP contribution < -0.4 is 15.4 Å². The van der Waals surface area contributed by atoms with E-state index in [9.17, 15) is 0 Å². The lowest BCUT2D eigenvalue weighted by molar-refractivity contribution is 0.185. The Bertz CT molecular complexity index is 500. The molecule has 0 fully saturated rings. The van der Waals surface area contributed by atoms with Gasteiger partial charge in [0.1, 0.15) is 0 Å². The molecule has 0 aliphatic heterocycles. The lowest BCUT2D eigenvalue weighted by Crippen LogP contribution is -2.37. The molecule has 5 heteroatoms. The van der Waals surface area contributed by atoms with E-state index in [1.807, 2.05) is 19.1 Å². The van der Waals surface area contributed by atoms with Crippen LogP contribution in [0.1, 0.15) is 39.7 Å². The van der Waals surface area contributed by atoms with Crippen molar-refractivity contribution in [3.8, 4) is 5.88 Å². The third kappa shape index (κ3) is 8.24. The molecule has 0 aliphatic rings. The highest BCUT2D eigenvalue weighted by Gasteiger charge is 2.08. The van der Waals surface area contributed by atoms with E-state index in [0.29, 0.717) is 24.9 Å². The molecule has 0 amide bonds. The molecule has 1 rings (SSSR count). The molecule has 23 heavy (non-hydrogen) atoms. The van der Waals surface area contributed by atoms with Crippen LogP contribution in [0.25, 0.3) is 0 Å². The summed E-state index contributed by atoms with van der Waals surface area (Å²) in [6.45, 7) is 14.3. The van der Waals surface area contributed by atoms with Gasteiger partial charge < -0.3 is 15.4 Å². The van der Waals surface area contributed by atoms with Crippen LogP contribution in [0.5, 0.6) is 5.88 Å². The van der Waals surface area contributed by atoms with Crippen molar-refractivity contribution in [3.63, 3.8) is 0 Å². The maximum Gasteiger partial charge on any atom is 0.213 e. The van der Waals surface area contributed by atoms with Crippen LogP contribution >= 0.6 is 0 Å². The first kappa shape index (κ1) is 19.0. The Morgan fingerprint density at radius 2 is 2.17 bits per heavy atom. The molecule has 1 aromatic rings. The van der Waals surface area contributed by atoms with E-state index in [-0.39, 0.29) is 6.10 Å². The first-order chi connectivity index (χ1) is 11.0. The molecule has 1 aromatic heterocycles. The van der Waals surface area contributed by atoms with Gasteiger partial charge in [-0.2, -0.15) is 0 Å². The molecule has 0 spiro atoms. The highest BCUT2D eigenvalue weighted by atomic mass is 16.5. The van der Waals surface area contributed by atoms with Crippen LogP contribution in [0.4, 0.5) is 0 Å². The maximum absolute atomic E-state index is 5.88. The molecule has 0 radical (unpaired) electrons. The summed E-state index contributed by atoms with van der Waals surface area (Å²) >= 11 is 0. The zero-order valence-corrected chi connectivity index (χ0v) is 14.8. The molecule has 0 aliphatic carbocycles. The molecule has 0 saturated heterocycles. The highest BCUT2D eigenvalue weighted by molar-refractivity contribution is 5.79. The first-order valence-corrected chi connectivity index (χ1v) is 8.29. The second-order valence-corrected chi connectivity index (χ2v) is 5.93. The molecule has 1 heterocycles. The third-order valence-corrected chi connectivity index (χ3v) is 3.10. The number of hydrogen-bond acceptors (Lipinski definition) is 3. The Labute approximate surface area is 140 Å². The zero-order valence-electron chi connectivity index (χ0n) is 14.8. The van der Waals surface area contributed by atoms with Gasteiger partial charge in [-0.1, -0.05) is 19.9 Å². The summed E-state index contributed by atoms with van der Waals surface area (Å²) < 4.78 is 5.88. The van der Waals surface area contributed by atoms with Gasteiger partial charge in [0.15, 0.2) is 5.96 Å². The second kappa shape index (κ2) is 10.6. The number of nitrogens with one attached hydrogen (secondary N) is 2. The Kier molecular flexibility index (Phi) is 8.80. The molecule has 5 nitrogen and oxygen atoms in total. The first-order valence-electron chi connectivity index (χ1n) is 8.29. The quantitative estimate of drug-likeness (QED) is 0.417. The minimum atomic E-state index is 0.160. The van der Waals surface area contributed by atoms with Gasteiger partial charge in [-0.3, -0.25) is 0 Å². The lowest BCUT2D eigenvalue weighted by Gasteiger charge is -2.16. The van der Waals surface area contributed by atoms with E-state index in [4.69, 9.17) is 4.74 Å². The van der Waals surface area contributed by atoms with E-state index in [2.05, 4.69) is 48.0 Å². The Hall–Kier alpha value is -2.04. The number of rotatable bonds is 9. The van der Waals surface area contributed by atoms with Crippen molar-refractivity contribution in [1.29, 1.82) is 0 Å². The number of hydrogen-bond donors (Lipinski definition) is 2. The van der Waals surface area contributed by atoms with Gasteiger partial charge in [0, 0.05) is 25.4 Å². The topological polar surface area (TPSA) is 58.5 Å². The van der Waals surface area contributed by atoms with Crippen molar-refractivity contribution in [2.24, 2.45) is 10.9 Å². The van der Waals surface area contributed by atoms with Crippen LogP contribution in [-0.4, -0.2) is 30.1 Å². The molecule has 0 bridgehead atoms. The number of aromatic nitrogens is 1. The molecule has 0 saturated carbocycles. The van der Waals surface area contributed by atoms with Gasteiger partial charge in [-0.05, 0) is 37.8 Å². The van der Waals surface area contributed by atoms with Gasteiger partial charge >= 0.3 is 0 Å². The predicted molar refractivity (Wildman–Crippen MR) is 96.8 cm³/mol. The Balaban J connectivity index is 2.66. The van der Waals surface area contributed by atoms with Crippen molar-refractivity contribution in [3.05, 3.63) is 36.5 Å². The van der Waals surface area contributed by atoms with Crippen LogP contribution in [0.2, 0.25) is 0 Å². The monoisotopic (exact) mass is 318 g/mol. The molecule has 1 atom stereocenters. The van der Waals surface area contributed by atoms with Crippen molar-refractivity contribution < 1.29 is 4.74 Å². The van der Waals surface area contributed by atoms with Crippen molar-refractivity contribution in [2.45, 2.75) is 46.8 Å². The maximum atomic E-state index is 5.88. The summed E-state index contributed by atoms with van der Waals surface area (Å²) in [6.07, 6.45) is 4.75. The minimum Gasteiger partial charge on any atom is -0.475 e. The molecular weight excluding hydrogens is 288 g/mol. The molecule has 128 valence electrons. The van der Waals surface area contributed by atoms with E-state index < -0.39 is 0 Å². The summed E-state index contributed by atoms with van der Waals surface area (Å²) in [5.41, 5.74) is 1.07. The van der Waals surface area contributed by atoms with Crippen molar-refractivity contribution in [2.75, 3.05) is 13.1 Å². The molecule has 0 aromatic carbocycles. The molecule has 1 unspecified atom stereocenters. The fourth-order valence-corrected chi connectivity index (χ4v) is 2.21. The van der Waals surface area contributed by atoms with Crippen LogP contribution in [0.15, 0.2) is 36.0 Å². The Morgan fingerprint density at radius 3 is 2.83 bits per heavy atom. The number of guanidine groups is 1. The Morgan fingerprint density at radius 1 is 1.39 bits per heavy atom. The zero-order chi connectivity index (χ0) is 17.1. The fourth-order valence-electron chi connectivity index (χ4n) is 2.21. The molecule has 2 N–H and O–H groups in total. The number of nitrogens with zero attached hydrogens (tertiary/aromatic N) is 2. The van der Waals surface area contributed by atoms with Crippen LogP contribution in [0.3, 0.4) is 0 Å². The second-order valence-electron chi connectivity index (χ2n) is 5.93. The van der Waals surface area contributed by atoms with Gasteiger partial charge in [0.2, 0.25) is 5.88 Å². The number of ether oxygens (including phenoxy) is 1. The highest BCUT2D eigenvalue weighted by Crippen LogP contribution is 2.15. The summed E-state index contributed by atoms with van der Waals surface area (Å²) in [5.74, 6) is 2.05. The van der Waals surface area contributed by atoms with Gasteiger partial charge in [-0.15, -0.1) is 6.58 Å². The van der Waals surface area contributed by atoms with Gasteiger partial charge in [0.25, 0.3) is 0 Å². The normalized spacial score (nSPS) is 12.8. The fraction of sp³-hybridized carbons (Fsp3) is 0.556. The predicted octanol–water partition coefficient (Wildman–Crippen LogP) is 3.14. The smallest absolute Gasteiger partial charge is 0.213 e. The van der Waals surface area contributed by atoms with Gasteiger partial charge in [-0.25, -0.2) is 9.98 Å². The molecular formula is C18H30N4O. The van der Waals surface area contributed by atoms with E-state index >= 15 is 0 Å². The minimum absolute atomic E-state index is 0.160. The number of aliphatic imine (C=N–C) groups is 1. The summed E-state index contributed by atoms with van der Waals surface area (Å²) in [7, 11) is 0. The third-order valence-electron chi connectivity index (χ3n) is 3.10. The van der Waals surface area contributed by atoms with Crippen molar-refractivity contribution >= 4 is 5.96 Å². The number of pyridine rings is 1.